The number of rotatable bonds is 6. The van der Waals surface area contributed by atoms with Gasteiger partial charge in [-0.1, -0.05) is 43.6 Å². The first kappa shape index (κ1) is 25.0. The van der Waals surface area contributed by atoms with E-state index in [1.807, 2.05) is 54.3 Å². The second kappa shape index (κ2) is 10.0. The molecule has 2 aliphatic heterocycles. The van der Waals surface area contributed by atoms with Gasteiger partial charge in [0.2, 0.25) is 5.91 Å². The molecule has 0 spiro atoms. The largest absolute Gasteiger partial charge is 0.484 e. The number of nitrogens with zero attached hydrogens (tertiary/aromatic N) is 2. The molecule has 190 valence electrons. The van der Waals surface area contributed by atoms with Gasteiger partial charge in [-0.2, -0.15) is 0 Å². The van der Waals surface area contributed by atoms with Gasteiger partial charge in [0.1, 0.15) is 11.9 Å². The van der Waals surface area contributed by atoms with Crippen LogP contribution in [-0.2, 0) is 17.8 Å². The summed E-state index contributed by atoms with van der Waals surface area (Å²) in [6.45, 7) is 8.25. The van der Waals surface area contributed by atoms with E-state index >= 15 is 0 Å². The van der Waals surface area contributed by atoms with E-state index in [2.05, 4.69) is 30.2 Å². The number of amides is 2. The Labute approximate surface area is 222 Å². The van der Waals surface area contributed by atoms with E-state index in [-0.39, 0.29) is 23.3 Å². The Kier molecular flexibility index (Phi) is 6.78. The fourth-order valence-corrected chi connectivity index (χ4v) is 5.07. The number of aryl methyl sites for hydroxylation is 1. The molecule has 2 aliphatic rings. The minimum absolute atomic E-state index is 0.0699. The van der Waals surface area contributed by atoms with Crippen LogP contribution in [0.3, 0.4) is 0 Å². The average Bonchev–Trinajstić information content (AvgIpc) is 3.29. The molecule has 1 saturated heterocycles. The molecule has 1 atom stereocenters. The summed E-state index contributed by atoms with van der Waals surface area (Å²) in [6, 6.07) is 15.5. The van der Waals surface area contributed by atoms with Crippen LogP contribution in [0.1, 0.15) is 41.0 Å². The molecule has 3 aromatic rings. The third kappa shape index (κ3) is 5.70. The fourth-order valence-electron chi connectivity index (χ4n) is 4.78. The summed E-state index contributed by atoms with van der Waals surface area (Å²) >= 11 is 6.56. The highest BCUT2D eigenvalue weighted by molar-refractivity contribution is 6.32. The van der Waals surface area contributed by atoms with Crippen molar-refractivity contribution in [2.24, 2.45) is 5.41 Å². The number of likely N-dealkylation sites (tertiary alicyclic amines) is 1. The van der Waals surface area contributed by atoms with E-state index in [1.165, 1.54) is 6.08 Å². The van der Waals surface area contributed by atoms with Crippen LogP contribution in [0.4, 0.5) is 0 Å². The topological polar surface area (TPSA) is 71.5 Å². The third-order valence-electron chi connectivity index (χ3n) is 6.70. The molecule has 7 heteroatoms. The maximum atomic E-state index is 12.7. The summed E-state index contributed by atoms with van der Waals surface area (Å²) in [5, 5.41) is 3.39. The van der Waals surface area contributed by atoms with E-state index in [0.29, 0.717) is 29.3 Å². The number of fused-ring (bicyclic) bond motifs is 1. The molecule has 0 bridgehead atoms. The molecule has 3 heterocycles. The molecule has 0 radical (unpaired) electrons. The Balaban J connectivity index is 1.20. The van der Waals surface area contributed by atoms with Gasteiger partial charge in [-0.05, 0) is 65.4 Å². The number of halogens is 1. The molecule has 37 heavy (non-hydrogen) atoms. The maximum absolute atomic E-state index is 12.7. The van der Waals surface area contributed by atoms with Crippen molar-refractivity contribution in [1.29, 1.82) is 0 Å². The summed E-state index contributed by atoms with van der Waals surface area (Å²) in [4.78, 5) is 31.1. The number of nitrogens with one attached hydrogen (secondary N) is 1. The Morgan fingerprint density at radius 1 is 1.14 bits per heavy atom. The van der Waals surface area contributed by atoms with Gasteiger partial charge in [0.05, 0.1) is 5.02 Å². The van der Waals surface area contributed by atoms with Crippen molar-refractivity contribution >= 4 is 23.4 Å². The van der Waals surface area contributed by atoms with E-state index in [0.717, 1.165) is 41.0 Å². The van der Waals surface area contributed by atoms with Gasteiger partial charge < -0.3 is 15.0 Å². The standard InChI is InChI=1S/C30H30ClN3O3/c1-19-4-5-20(15-32-19)16-33-27(35)11-10-25-13-24-12-23(14-26(31)28(24)37-25)21-6-8-22(9-7-21)29(36)34-17-30(2,3)18-34/h4-12,14-15,25H,13,16-18H2,1-3H3,(H,33,35)/b11-10+. The van der Waals surface area contributed by atoms with Crippen LogP contribution in [0.5, 0.6) is 5.75 Å². The van der Waals surface area contributed by atoms with E-state index in [4.69, 9.17) is 16.3 Å². The molecule has 0 aliphatic carbocycles. The molecule has 1 fully saturated rings. The monoisotopic (exact) mass is 515 g/mol. The molecule has 1 N–H and O–H groups in total. The van der Waals surface area contributed by atoms with Crippen molar-refractivity contribution in [2.75, 3.05) is 13.1 Å². The number of carbonyl (C=O) groups excluding carboxylic acids is 2. The first-order valence-electron chi connectivity index (χ1n) is 12.4. The van der Waals surface area contributed by atoms with Gasteiger partial charge in [-0.3, -0.25) is 14.6 Å². The predicted octanol–water partition coefficient (Wildman–Crippen LogP) is 5.37. The molecular weight excluding hydrogens is 486 g/mol. The van der Waals surface area contributed by atoms with Crippen LogP contribution in [0.2, 0.25) is 5.02 Å². The number of hydrogen-bond donors (Lipinski definition) is 1. The molecule has 1 unspecified atom stereocenters. The summed E-state index contributed by atoms with van der Waals surface area (Å²) in [7, 11) is 0. The summed E-state index contributed by atoms with van der Waals surface area (Å²) in [5.41, 5.74) is 5.71. The lowest BCUT2D eigenvalue weighted by atomic mass is 9.84. The first-order chi connectivity index (χ1) is 17.7. The number of carbonyl (C=O) groups is 2. The summed E-state index contributed by atoms with van der Waals surface area (Å²) in [5.74, 6) is 0.530. The number of ether oxygens (including phenoxy) is 1. The summed E-state index contributed by atoms with van der Waals surface area (Å²) < 4.78 is 6.01. The van der Waals surface area contributed by atoms with Crippen molar-refractivity contribution in [3.8, 4) is 16.9 Å². The normalized spacial score (nSPS) is 17.7. The zero-order valence-corrected chi connectivity index (χ0v) is 22.0. The van der Waals surface area contributed by atoms with Crippen molar-refractivity contribution in [3.05, 3.63) is 94.3 Å². The van der Waals surface area contributed by atoms with Crippen molar-refractivity contribution < 1.29 is 14.3 Å². The molecule has 1 aromatic heterocycles. The van der Waals surface area contributed by atoms with E-state index in [9.17, 15) is 9.59 Å². The molecular formula is C30H30ClN3O3. The van der Waals surface area contributed by atoms with Crippen LogP contribution in [0.25, 0.3) is 11.1 Å². The van der Waals surface area contributed by atoms with Gasteiger partial charge in [-0.25, -0.2) is 0 Å². The Morgan fingerprint density at radius 3 is 2.57 bits per heavy atom. The molecule has 0 saturated carbocycles. The zero-order chi connectivity index (χ0) is 26.2. The van der Waals surface area contributed by atoms with Crippen molar-refractivity contribution in [3.63, 3.8) is 0 Å². The SMILES string of the molecule is Cc1ccc(CNC(=O)/C=C/C2Cc3cc(-c4ccc(C(=O)N5CC(C)(C)C5)cc4)cc(Cl)c3O2)cn1. The highest BCUT2D eigenvalue weighted by Gasteiger charge is 2.37. The van der Waals surface area contributed by atoms with Crippen LogP contribution >= 0.6 is 11.6 Å². The zero-order valence-electron chi connectivity index (χ0n) is 21.3. The van der Waals surface area contributed by atoms with Gasteiger partial charge in [0.25, 0.3) is 5.91 Å². The quantitative estimate of drug-likeness (QED) is 0.448. The second-order valence-corrected chi connectivity index (χ2v) is 11.0. The lowest BCUT2D eigenvalue weighted by Gasteiger charge is -2.45. The number of benzene rings is 2. The average molecular weight is 516 g/mol. The van der Waals surface area contributed by atoms with Crippen molar-refractivity contribution in [2.45, 2.75) is 39.8 Å². The molecule has 5 rings (SSSR count). The van der Waals surface area contributed by atoms with Gasteiger partial charge >= 0.3 is 0 Å². The Morgan fingerprint density at radius 2 is 1.89 bits per heavy atom. The van der Waals surface area contributed by atoms with Crippen LogP contribution in [0.15, 0.2) is 66.9 Å². The number of pyridine rings is 1. The van der Waals surface area contributed by atoms with Gasteiger partial charge in [-0.15, -0.1) is 0 Å². The number of aromatic nitrogens is 1. The van der Waals surface area contributed by atoms with E-state index < -0.39 is 0 Å². The number of hydrogen-bond acceptors (Lipinski definition) is 4. The Hall–Kier alpha value is -3.64. The first-order valence-corrected chi connectivity index (χ1v) is 12.8. The molecule has 6 nitrogen and oxygen atoms in total. The lowest BCUT2D eigenvalue weighted by Crippen LogP contribution is -2.55. The third-order valence-corrected chi connectivity index (χ3v) is 6.98. The van der Waals surface area contributed by atoms with Crippen LogP contribution < -0.4 is 10.1 Å². The molecule has 2 aromatic carbocycles. The minimum atomic E-state index is -0.268. The summed E-state index contributed by atoms with van der Waals surface area (Å²) in [6.07, 6.45) is 5.37. The highest BCUT2D eigenvalue weighted by Crippen LogP contribution is 2.40. The highest BCUT2D eigenvalue weighted by atomic mass is 35.5. The predicted molar refractivity (Wildman–Crippen MR) is 145 cm³/mol. The maximum Gasteiger partial charge on any atom is 0.253 e. The smallest absolute Gasteiger partial charge is 0.253 e. The second-order valence-electron chi connectivity index (χ2n) is 10.6. The fraction of sp³-hybridized carbons (Fsp3) is 0.300. The van der Waals surface area contributed by atoms with E-state index in [1.54, 1.807) is 12.3 Å². The van der Waals surface area contributed by atoms with Crippen molar-refractivity contribution in [1.82, 2.24) is 15.2 Å². The van der Waals surface area contributed by atoms with Crippen LogP contribution in [-0.4, -0.2) is 40.9 Å². The Bertz CT molecular complexity index is 1360. The van der Waals surface area contributed by atoms with Gasteiger partial charge in [0.15, 0.2) is 0 Å². The minimum Gasteiger partial charge on any atom is -0.484 e. The van der Waals surface area contributed by atoms with Gasteiger partial charge in [0, 0.05) is 55.1 Å². The lowest BCUT2D eigenvalue weighted by molar-refractivity contribution is -0.116. The van der Waals surface area contributed by atoms with Crippen LogP contribution in [0, 0.1) is 12.3 Å². The molecule has 2 amide bonds.